The Balaban J connectivity index is 2.89. The van der Waals surface area contributed by atoms with Crippen LogP contribution in [0, 0.1) is 5.82 Å². The molecule has 1 N–H and O–H groups in total. The molecule has 15 heavy (non-hydrogen) atoms. The Labute approximate surface area is 95.0 Å². The average Bonchev–Trinajstić information content (AvgIpc) is 2.13. The van der Waals surface area contributed by atoms with Gasteiger partial charge in [-0.15, -0.1) is 0 Å². The monoisotopic (exact) mass is 276 g/mol. The molecule has 1 aromatic carbocycles. The molecule has 0 atom stereocenters. The van der Waals surface area contributed by atoms with Crippen molar-refractivity contribution < 1.29 is 19.0 Å². The number of rotatable bonds is 3. The Morgan fingerprint density at radius 1 is 1.60 bits per heavy atom. The van der Waals surface area contributed by atoms with E-state index in [1.165, 1.54) is 12.1 Å². The van der Waals surface area contributed by atoms with Gasteiger partial charge in [0.15, 0.2) is 0 Å². The minimum absolute atomic E-state index is 0.0948. The topological polar surface area (TPSA) is 46.5 Å². The van der Waals surface area contributed by atoms with Crippen LogP contribution >= 0.6 is 15.9 Å². The van der Waals surface area contributed by atoms with Crippen LogP contribution in [0.1, 0.15) is 12.5 Å². The number of carbonyl (C=O) groups excluding carboxylic acids is 1. The van der Waals surface area contributed by atoms with Gasteiger partial charge >= 0.3 is 5.97 Å². The molecule has 5 heteroatoms. The highest BCUT2D eigenvalue weighted by atomic mass is 79.9. The third kappa shape index (κ3) is 3.20. The van der Waals surface area contributed by atoms with E-state index in [0.717, 1.165) is 0 Å². The van der Waals surface area contributed by atoms with Crippen LogP contribution in [0.15, 0.2) is 16.6 Å². The highest BCUT2D eigenvalue weighted by Gasteiger charge is 2.13. The van der Waals surface area contributed by atoms with Crippen molar-refractivity contribution in [3.63, 3.8) is 0 Å². The molecule has 0 fully saturated rings. The van der Waals surface area contributed by atoms with Gasteiger partial charge in [0.05, 0.1) is 17.5 Å². The number of aromatic hydroxyl groups is 1. The molecule has 1 rings (SSSR count). The predicted octanol–water partition coefficient (Wildman–Crippen LogP) is 2.40. The van der Waals surface area contributed by atoms with E-state index >= 15 is 0 Å². The van der Waals surface area contributed by atoms with Gasteiger partial charge in [-0.1, -0.05) is 0 Å². The van der Waals surface area contributed by atoms with Gasteiger partial charge in [-0.05, 0) is 35.0 Å². The third-order valence-electron chi connectivity index (χ3n) is 1.73. The highest BCUT2D eigenvalue weighted by Crippen LogP contribution is 2.25. The molecule has 0 spiro atoms. The first-order chi connectivity index (χ1) is 7.04. The zero-order valence-electron chi connectivity index (χ0n) is 8.09. The third-order valence-corrected chi connectivity index (χ3v) is 2.31. The number of hydrogen-bond donors (Lipinski definition) is 1. The Morgan fingerprint density at radius 2 is 2.27 bits per heavy atom. The summed E-state index contributed by atoms with van der Waals surface area (Å²) < 4.78 is 18.2. The highest BCUT2D eigenvalue weighted by molar-refractivity contribution is 9.10. The standard InChI is InChI=1S/C10H10BrFO3/c1-2-15-9(14)4-6-3-7(13)5-8(11)10(6)12/h3,5,13H,2,4H2,1H3. The fourth-order valence-corrected chi connectivity index (χ4v) is 1.62. The number of phenolic OH excluding ortho intramolecular Hbond substituents is 1. The minimum Gasteiger partial charge on any atom is -0.508 e. The van der Waals surface area contributed by atoms with Crippen molar-refractivity contribution in [2.75, 3.05) is 6.61 Å². The van der Waals surface area contributed by atoms with Crippen molar-refractivity contribution in [1.29, 1.82) is 0 Å². The van der Waals surface area contributed by atoms with Gasteiger partial charge in [-0.3, -0.25) is 4.79 Å². The number of hydrogen-bond acceptors (Lipinski definition) is 3. The van der Waals surface area contributed by atoms with Gasteiger partial charge in [-0.25, -0.2) is 4.39 Å². The Kier molecular flexibility index (Phi) is 4.08. The maximum atomic E-state index is 13.4. The second kappa shape index (κ2) is 5.11. The van der Waals surface area contributed by atoms with Crippen LogP contribution in [-0.2, 0) is 16.0 Å². The van der Waals surface area contributed by atoms with Crippen LogP contribution in [0.2, 0.25) is 0 Å². The van der Waals surface area contributed by atoms with Gasteiger partial charge in [0.1, 0.15) is 11.6 Å². The Hall–Kier alpha value is -1.10. The smallest absolute Gasteiger partial charge is 0.310 e. The normalized spacial score (nSPS) is 10.1. The van der Waals surface area contributed by atoms with Gasteiger partial charge in [0, 0.05) is 5.56 Å². The summed E-state index contributed by atoms with van der Waals surface area (Å²) in [5, 5.41) is 9.21. The van der Waals surface area contributed by atoms with Crippen LogP contribution in [0.4, 0.5) is 4.39 Å². The molecule has 0 amide bonds. The second-order valence-corrected chi connectivity index (χ2v) is 3.74. The number of benzene rings is 1. The van der Waals surface area contributed by atoms with E-state index in [2.05, 4.69) is 20.7 Å². The second-order valence-electron chi connectivity index (χ2n) is 2.88. The Morgan fingerprint density at radius 3 is 2.87 bits per heavy atom. The zero-order valence-corrected chi connectivity index (χ0v) is 9.67. The summed E-state index contributed by atoms with van der Waals surface area (Å²) in [5.74, 6) is -1.17. The molecule has 0 heterocycles. The molecule has 0 bridgehead atoms. The summed E-state index contributed by atoms with van der Waals surface area (Å²) in [5.41, 5.74) is 0.111. The van der Waals surface area contributed by atoms with Crippen LogP contribution in [0.3, 0.4) is 0 Å². The van der Waals surface area contributed by atoms with Crippen molar-refractivity contribution in [2.45, 2.75) is 13.3 Å². The molecular formula is C10H10BrFO3. The molecule has 0 saturated carbocycles. The van der Waals surface area contributed by atoms with E-state index < -0.39 is 11.8 Å². The van der Waals surface area contributed by atoms with Crippen molar-refractivity contribution in [3.05, 3.63) is 28.0 Å². The fraction of sp³-hybridized carbons (Fsp3) is 0.300. The van der Waals surface area contributed by atoms with Crippen molar-refractivity contribution in [2.24, 2.45) is 0 Å². The van der Waals surface area contributed by atoms with E-state index in [1.54, 1.807) is 6.92 Å². The molecule has 0 saturated heterocycles. The number of halogens is 2. The maximum Gasteiger partial charge on any atom is 0.310 e. The molecule has 82 valence electrons. The SMILES string of the molecule is CCOC(=O)Cc1cc(O)cc(Br)c1F. The quantitative estimate of drug-likeness (QED) is 0.863. The van der Waals surface area contributed by atoms with E-state index in [-0.39, 0.29) is 28.8 Å². The van der Waals surface area contributed by atoms with Crippen molar-refractivity contribution in [1.82, 2.24) is 0 Å². The first-order valence-corrected chi connectivity index (χ1v) is 5.16. The van der Waals surface area contributed by atoms with Gasteiger partial charge in [-0.2, -0.15) is 0 Å². The molecule has 3 nitrogen and oxygen atoms in total. The molecule has 0 radical (unpaired) electrons. The summed E-state index contributed by atoms with van der Waals surface area (Å²) >= 11 is 2.94. The Bertz CT molecular complexity index is 379. The molecule has 0 aliphatic rings. The molecule has 0 aliphatic carbocycles. The van der Waals surface area contributed by atoms with E-state index in [4.69, 9.17) is 0 Å². The molecule has 0 unspecified atom stereocenters. The van der Waals surface area contributed by atoms with Gasteiger partial charge in [0.25, 0.3) is 0 Å². The lowest BCUT2D eigenvalue weighted by molar-refractivity contribution is -0.142. The lowest BCUT2D eigenvalue weighted by Gasteiger charge is -2.05. The van der Waals surface area contributed by atoms with Crippen molar-refractivity contribution in [3.8, 4) is 5.75 Å². The molecule has 1 aromatic rings. The predicted molar refractivity (Wildman–Crippen MR) is 56.1 cm³/mol. The summed E-state index contributed by atoms with van der Waals surface area (Å²) in [4.78, 5) is 11.1. The summed E-state index contributed by atoms with van der Waals surface area (Å²) in [6.07, 6.45) is -0.188. The molecule has 0 aliphatic heterocycles. The summed E-state index contributed by atoms with van der Waals surface area (Å²) in [7, 11) is 0. The van der Waals surface area contributed by atoms with E-state index in [0.29, 0.717) is 0 Å². The van der Waals surface area contributed by atoms with Crippen molar-refractivity contribution >= 4 is 21.9 Å². The lowest BCUT2D eigenvalue weighted by Crippen LogP contribution is -2.08. The van der Waals surface area contributed by atoms with E-state index in [1.807, 2.05) is 0 Å². The largest absolute Gasteiger partial charge is 0.508 e. The van der Waals surface area contributed by atoms with Crippen LogP contribution in [0.25, 0.3) is 0 Å². The lowest BCUT2D eigenvalue weighted by atomic mass is 10.1. The first-order valence-electron chi connectivity index (χ1n) is 4.37. The van der Waals surface area contributed by atoms with Crippen LogP contribution < -0.4 is 0 Å². The number of esters is 1. The maximum absolute atomic E-state index is 13.4. The fourth-order valence-electron chi connectivity index (χ4n) is 1.13. The number of carbonyl (C=O) groups is 1. The van der Waals surface area contributed by atoms with Crippen LogP contribution in [0.5, 0.6) is 5.75 Å². The molecule has 0 aromatic heterocycles. The van der Waals surface area contributed by atoms with Crippen LogP contribution in [-0.4, -0.2) is 17.7 Å². The number of phenols is 1. The first kappa shape index (κ1) is 12.0. The summed E-state index contributed by atoms with van der Waals surface area (Å²) in [6, 6.07) is 2.43. The minimum atomic E-state index is -0.555. The van der Waals surface area contributed by atoms with Gasteiger partial charge in [0.2, 0.25) is 0 Å². The zero-order chi connectivity index (χ0) is 11.4. The summed E-state index contributed by atoms with van der Waals surface area (Å²) in [6.45, 7) is 1.92. The average molecular weight is 277 g/mol. The van der Waals surface area contributed by atoms with E-state index in [9.17, 15) is 14.3 Å². The molecular weight excluding hydrogens is 267 g/mol. The van der Waals surface area contributed by atoms with Gasteiger partial charge < -0.3 is 9.84 Å². The number of ether oxygens (including phenoxy) is 1.